The van der Waals surface area contributed by atoms with E-state index in [2.05, 4.69) is 56.3 Å². The van der Waals surface area contributed by atoms with E-state index in [1.54, 1.807) is 12.3 Å². The third kappa shape index (κ3) is 8.17. The van der Waals surface area contributed by atoms with Gasteiger partial charge in [-0.05, 0) is 95.5 Å². The van der Waals surface area contributed by atoms with Crippen LogP contribution >= 0.6 is 11.3 Å². The molecule has 2 unspecified atom stereocenters. The van der Waals surface area contributed by atoms with Crippen molar-refractivity contribution in [3.05, 3.63) is 73.4 Å². The number of thiophene rings is 1. The van der Waals surface area contributed by atoms with Gasteiger partial charge in [0, 0.05) is 40.0 Å². The summed E-state index contributed by atoms with van der Waals surface area (Å²) in [4.78, 5) is 17.9. The van der Waals surface area contributed by atoms with Crippen molar-refractivity contribution in [2.45, 2.75) is 96.9 Å². The van der Waals surface area contributed by atoms with Gasteiger partial charge in [0.1, 0.15) is 17.3 Å². The summed E-state index contributed by atoms with van der Waals surface area (Å²) in [6.07, 6.45) is 20.0. The number of nitrogens with one attached hydrogen (secondary N) is 1. The molecule has 0 spiro atoms. The number of allylic oxidation sites excluding steroid dienone is 3. The lowest BCUT2D eigenvalue weighted by Crippen LogP contribution is -2.25. The molecule has 2 aromatic heterocycles. The number of aromatic nitrogens is 2. The number of nitrogens with two attached hydrogens (primary N) is 2. The zero-order chi connectivity index (χ0) is 34.0. The number of likely N-dealkylation sites (tertiary alicyclic amines) is 1. The second-order valence-electron chi connectivity index (χ2n) is 11.8. The molecule has 244 valence electrons. The average Bonchev–Trinajstić information content (AvgIpc) is 3.62. The van der Waals surface area contributed by atoms with Crippen molar-refractivity contribution in [2.75, 3.05) is 13.6 Å². The Morgan fingerprint density at radius 1 is 1.26 bits per heavy atom. The SMILES string of the molecule is C#C.C=C(N)/C(N)=C/C=Nc1nc(C(=N)/C(CCC)=C(\C)C2CCCc3sc(F)c(C#N)c32)nc(CCC2CCCN2C)c1CC. The zero-order valence-electron chi connectivity index (χ0n) is 27.6. The summed E-state index contributed by atoms with van der Waals surface area (Å²) in [6.45, 7) is 11.0. The highest BCUT2D eigenvalue weighted by Crippen LogP contribution is 2.44. The molecule has 8 nitrogen and oxygen atoms in total. The lowest BCUT2D eigenvalue weighted by atomic mass is 9.78. The number of halogens is 1. The molecule has 0 bridgehead atoms. The molecular weight excluding hydrogens is 596 g/mol. The molecular formula is C36H47FN8S. The Labute approximate surface area is 277 Å². The molecule has 46 heavy (non-hydrogen) atoms. The number of hydrogen-bond acceptors (Lipinski definition) is 9. The highest BCUT2D eigenvalue weighted by atomic mass is 32.1. The van der Waals surface area contributed by atoms with Crippen molar-refractivity contribution in [2.24, 2.45) is 16.5 Å². The Morgan fingerprint density at radius 3 is 2.61 bits per heavy atom. The minimum Gasteiger partial charge on any atom is -0.398 e. The summed E-state index contributed by atoms with van der Waals surface area (Å²) in [7, 11) is 2.18. The van der Waals surface area contributed by atoms with E-state index in [-0.39, 0.29) is 22.9 Å². The van der Waals surface area contributed by atoms with Crippen LogP contribution in [0.4, 0.5) is 10.2 Å². The highest BCUT2D eigenvalue weighted by molar-refractivity contribution is 7.10. The van der Waals surface area contributed by atoms with Crippen molar-refractivity contribution in [3.63, 3.8) is 0 Å². The number of aliphatic imine (C=N–C) groups is 1. The van der Waals surface area contributed by atoms with E-state index in [0.717, 1.165) is 89.3 Å². The van der Waals surface area contributed by atoms with Crippen molar-refractivity contribution in [1.82, 2.24) is 14.9 Å². The Balaban J connectivity index is 0.00000282. The first-order valence-electron chi connectivity index (χ1n) is 16.0. The minimum atomic E-state index is -0.407. The number of terminal acetylenes is 1. The van der Waals surface area contributed by atoms with Crippen LogP contribution in [0.3, 0.4) is 0 Å². The van der Waals surface area contributed by atoms with Crippen molar-refractivity contribution in [1.29, 1.82) is 10.7 Å². The number of rotatable bonds is 12. The number of fused-ring (bicyclic) bond motifs is 1. The van der Waals surface area contributed by atoms with Crippen LogP contribution in [0.5, 0.6) is 0 Å². The van der Waals surface area contributed by atoms with Crippen LogP contribution in [0.25, 0.3) is 0 Å². The van der Waals surface area contributed by atoms with Crippen molar-refractivity contribution < 1.29 is 4.39 Å². The smallest absolute Gasteiger partial charge is 0.194 e. The maximum atomic E-state index is 14.7. The third-order valence-electron chi connectivity index (χ3n) is 8.99. The van der Waals surface area contributed by atoms with Crippen LogP contribution in [0.2, 0.25) is 0 Å². The fourth-order valence-electron chi connectivity index (χ4n) is 6.52. The highest BCUT2D eigenvalue weighted by Gasteiger charge is 2.32. The molecule has 10 heteroatoms. The quantitative estimate of drug-likeness (QED) is 0.129. The van der Waals surface area contributed by atoms with Gasteiger partial charge < -0.3 is 16.4 Å². The molecule has 2 atom stereocenters. The molecule has 4 rings (SSSR count). The van der Waals surface area contributed by atoms with Gasteiger partial charge in [-0.15, -0.1) is 24.2 Å². The largest absolute Gasteiger partial charge is 0.398 e. The van der Waals surface area contributed by atoms with Gasteiger partial charge in [-0.2, -0.15) is 9.65 Å². The second kappa shape index (κ2) is 17.0. The molecule has 3 heterocycles. The van der Waals surface area contributed by atoms with Crippen molar-refractivity contribution in [3.8, 4) is 18.9 Å². The minimum absolute atomic E-state index is 0.113. The number of aryl methyl sites for hydroxylation is 2. The molecule has 2 aliphatic rings. The van der Waals surface area contributed by atoms with Crippen LogP contribution in [0, 0.1) is 34.7 Å². The Bertz CT molecular complexity index is 1590. The van der Waals surface area contributed by atoms with Crippen LogP contribution in [0.15, 0.2) is 40.2 Å². The van der Waals surface area contributed by atoms with Gasteiger partial charge in [-0.1, -0.05) is 32.4 Å². The van der Waals surface area contributed by atoms with Gasteiger partial charge >= 0.3 is 0 Å². The van der Waals surface area contributed by atoms with Crippen LogP contribution in [0.1, 0.15) is 105 Å². The Kier molecular flexibility index (Phi) is 13.4. The molecule has 2 aromatic rings. The molecule has 0 aromatic carbocycles. The summed E-state index contributed by atoms with van der Waals surface area (Å²) < 4.78 is 14.7. The topological polar surface area (TPSA) is 141 Å². The standard InChI is InChI=1S/C34H45FN8S.C2H2/c1-6-10-25(20(3)24-12-8-13-29-30(24)26(19-36)32(35)44-29)31(39)34-41-28(15-14-22-11-9-18-43(22)5)23(7-2)33(42-34)40-17-16-27(38)21(4)37;1-2/h16-17,22,24,39H,4,6-15,18,37-38H2,1-3,5H3;1-2H/b25-20+,27-16-,39-31?,40-17?;. The van der Waals surface area contributed by atoms with Crippen molar-refractivity contribution >= 4 is 29.1 Å². The van der Waals surface area contributed by atoms with E-state index in [4.69, 9.17) is 21.4 Å². The Morgan fingerprint density at radius 2 is 2.00 bits per heavy atom. The number of nitrogens with zero attached hydrogens (tertiary/aromatic N) is 5. The zero-order valence-corrected chi connectivity index (χ0v) is 28.4. The summed E-state index contributed by atoms with van der Waals surface area (Å²) in [5.74, 6) is 0.738. The summed E-state index contributed by atoms with van der Waals surface area (Å²) in [5.41, 5.74) is 17.2. The predicted molar refractivity (Wildman–Crippen MR) is 188 cm³/mol. The first kappa shape index (κ1) is 36.3. The number of nitriles is 1. The lowest BCUT2D eigenvalue weighted by Gasteiger charge is -2.26. The monoisotopic (exact) mass is 642 g/mol. The van der Waals surface area contributed by atoms with E-state index in [1.165, 1.54) is 12.8 Å². The van der Waals surface area contributed by atoms with E-state index in [9.17, 15) is 15.1 Å². The van der Waals surface area contributed by atoms with Gasteiger partial charge in [0.15, 0.2) is 16.8 Å². The summed E-state index contributed by atoms with van der Waals surface area (Å²) >= 11 is 1.09. The van der Waals surface area contributed by atoms with Gasteiger partial charge in [-0.25, -0.2) is 15.0 Å². The van der Waals surface area contributed by atoms with Gasteiger partial charge in [-0.3, -0.25) is 5.41 Å². The first-order chi connectivity index (χ1) is 22.1. The molecule has 0 amide bonds. The lowest BCUT2D eigenvalue weighted by molar-refractivity contribution is 0.296. The first-order valence-corrected chi connectivity index (χ1v) is 16.8. The molecule has 5 N–H and O–H groups in total. The van der Waals surface area contributed by atoms with E-state index >= 15 is 0 Å². The Hall–Kier alpha value is -4.12. The average molecular weight is 643 g/mol. The summed E-state index contributed by atoms with van der Waals surface area (Å²) in [6, 6.07) is 2.61. The van der Waals surface area contributed by atoms with Crippen LogP contribution < -0.4 is 11.5 Å². The number of hydrogen-bond donors (Lipinski definition) is 3. The molecule has 1 aliphatic carbocycles. The van der Waals surface area contributed by atoms with E-state index in [1.807, 2.05) is 6.92 Å². The van der Waals surface area contributed by atoms with Crippen LogP contribution in [-0.2, 0) is 19.3 Å². The van der Waals surface area contributed by atoms with E-state index < -0.39 is 5.13 Å². The molecule has 0 radical (unpaired) electrons. The van der Waals surface area contributed by atoms with Gasteiger partial charge in [0.2, 0.25) is 0 Å². The normalized spacial score (nSPS) is 18.8. The molecule has 1 fully saturated rings. The predicted octanol–water partition coefficient (Wildman–Crippen LogP) is 7.01. The maximum absolute atomic E-state index is 14.7. The second-order valence-corrected chi connectivity index (χ2v) is 12.9. The van der Waals surface area contributed by atoms with E-state index in [0.29, 0.717) is 36.2 Å². The fraction of sp³-hybridized carbons (Fsp3) is 0.472. The van der Waals surface area contributed by atoms with Gasteiger partial charge in [0.05, 0.1) is 5.70 Å². The molecule has 1 saturated heterocycles. The molecule has 0 saturated carbocycles. The third-order valence-corrected chi connectivity index (χ3v) is 10.0. The maximum Gasteiger partial charge on any atom is 0.194 e. The van der Waals surface area contributed by atoms with Crippen LogP contribution in [-0.4, -0.2) is 46.4 Å². The fourth-order valence-corrected chi connectivity index (χ4v) is 7.60. The van der Waals surface area contributed by atoms with Gasteiger partial charge in [0.25, 0.3) is 0 Å². The molecule has 1 aliphatic heterocycles. The summed E-state index contributed by atoms with van der Waals surface area (Å²) in [5, 5.41) is 18.8.